The van der Waals surface area contributed by atoms with E-state index in [4.69, 9.17) is 37.4 Å². The molecule has 0 saturated heterocycles. The average molecular weight is 454 g/mol. The van der Waals surface area contributed by atoms with Crippen molar-refractivity contribution in [1.82, 2.24) is 0 Å². The van der Waals surface area contributed by atoms with Crippen molar-refractivity contribution in [2.75, 3.05) is 13.7 Å². The lowest BCUT2D eigenvalue weighted by Gasteiger charge is -2.11. The van der Waals surface area contributed by atoms with Gasteiger partial charge in [0.2, 0.25) is 0 Å². The Kier molecular flexibility index (Phi) is 7.55. The first-order valence-corrected chi connectivity index (χ1v) is 9.89. The van der Waals surface area contributed by atoms with E-state index in [9.17, 15) is 10.1 Å². The molecule has 0 aliphatic carbocycles. The number of carbonyl (C=O) groups excluding carboxylic acids is 1. The predicted octanol–water partition coefficient (Wildman–Crippen LogP) is 6.05. The Balaban J connectivity index is 1.73. The highest BCUT2D eigenvalue weighted by Gasteiger charge is 2.13. The van der Waals surface area contributed by atoms with Crippen molar-refractivity contribution < 1.29 is 19.0 Å². The van der Waals surface area contributed by atoms with E-state index in [-0.39, 0.29) is 12.4 Å². The molecule has 156 valence electrons. The number of carbonyl (C=O) groups is 1. The second kappa shape index (κ2) is 10.5. The third-order valence-electron chi connectivity index (χ3n) is 4.18. The minimum atomic E-state index is -0.611. The number of benzene rings is 3. The third-order valence-corrected chi connectivity index (χ3v) is 4.74. The molecule has 7 heteroatoms. The van der Waals surface area contributed by atoms with Crippen LogP contribution in [0.5, 0.6) is 17.2 Å². The van der Waals surface area contributed by atoms with Crippen molar-refractivity contribution in [3.8, 4) is 23.3 Å². The smallest absolute Gasteiger partial charge is 0.349 e. The van der Waals surface area contributed by atoms with Gasteiger partial charge in [-0.25, -0.2) is 4.79 Å². The minimum absolute atomic E-state index is 0.234. The number of methoxy groups -OCH3 is 1. The van der Waals surface area contributed by atoms with Gasteiger partial charge in [0, 0.05) is 5.02 Å². The molecule has 0 aliphatic rings. The van der Waals surface area contributed by atoms with Crippen LogP contribution >= 0.6 is 23.2 Å². The number of hydrogen-bond donors (Lipinski definition) is 0. The molecule has 5 nitrogen and oxygen atoms in total. The summed E-state index contributed by atoms with van der Waals surface area (Å²) < 4.78 is 16.1. The van der Waals surface area contributed by atoms with Gasteiger partial charge < -0.3 is 14.2 Å². The van der Waals surface area contributed by atoms with E-state index in [0.717, 1.165) is 5.56 Å². The van der Waals surface area contributed by atoms with Crippen molar-refractivity contribution >= 4 is 40.8 Å². The lowest BCUT2D eigenvalue weighted by Crippen LogP contribution is -2.18. The van der Waals surface area contributed by atoms with E-state index >= 15 is 0 Å². The summed E-state index contributed by atoms with van der Waals surface area (Å²) in [6.45, 7) is -0.316. The van der Waals surface area contributed by atoms with E-state index < -0.39 is 5.97 Å². The molecule has 0 N–H and O–H groups in total. The summed E-state index contributed by atoms with van der Waals surface area (Å²) in [5, 5.41) is 10.5. The summed E-state index contributed by atoms with van der Waals surface area (Å²) in [6.07, 6.45) is 1.71. The normalized spacial score (nSPS) is 10.8. The van der Waals surface area contributed by atoms with E-state index in [1.165, 1.54) is 7.11 Å². The molecular formula is C24H17Cl2NO4. The zero-order valence-electron chi connectivity index (χ0n) is 16.5. The summed E-state index contributed by atoms with van der Waals surface area (Å²) >= 11 is 11.9. The number of hydrogen-bond acceptors (Lipinski definition) is 5. The molecule has 0 heterocycles. The van der Waals surface area contributed by atoms with Crippen molar-refractivity contribution in [3.63, 3.8) is 0 Å². The second-order valence-corrected chi connectivity index (χ2v) is 7.12. The molecule has 0 amide bonds. The largest absolute Gasteiger partial charge is 0.493 e. The summed E-state index contributed by atoms with van der Waals surface area (Å²) in [4.78, 5) is 12.2. The number of esters is 1. The molecule has 0 aromatic heterocycles. The Hall–Kier alpha value is -3.46. The number of para-hydroxylation sites is 1. The Morgan fingerprint density at radius 3 is 2.42 bits per heavy atom. The molecule has 0 saturated carbocycles. The van der Waals surface area contributed by atoms with Crippen LogP contribution in [-0.4, -0.2) is 19.7 Å². The fourth-order valence-electron chi connectivity index (χ4n) is 2.69. The first-order valence-electron chi connectivity index (χ1n) is 9.14. The van der Waals surface area contributed by atoms with E-state index in [0.29, 0.717) is 32.7 Å². The van der Waals surface area contributed by atoms with Gasteiger partial charge in [0.15, 0.2) is 18.1 Å². The maximum absolute atomic E-state index is 12.2. The van der Waals surface area contributed by atoms with Gasteiger partial charge in [-0.05, 0) is 53.6 Å². The molecule has 0 aliphatic heterocycles. The van der Waals surface area contributed by atoms with Gasteiger partial charge in [0.1, 0.15) is 5.75 Å². The monoisotopic (exact) mass is 453 g/mol. The van der Waals surface area contributed by atoms with Crippen molar-refractivity contribution in [3.05, 3.63) is 87.9 Å². The summed E-state index contributed by atoms with van der Waals surface area (Å²) in [5.41, 5.74) is 1.89. The molecule has 3 aromatic rings. The average Bonchev–Trinajstić information content (AvgIpc) is 2.78. The molecule has 0 radical (unpaired) electrons. The quantitative estimate of drug-likeness (QED) is 0.188. The van der Waals surface area contributed by atoms with Crippen LogP contribution in [0, 0.1) is 11.3 Å². The number of rotatable bonds is 7. The SMILES string of the molecule is COc1cc(/C=C(\C#N)c2ccc(Cl)cc2)ccc1OC(=O)COc1ccccc1Cl. The third kappa shape index (κ3) is 6.02. The van der Waals surface area contributed by atoms with Crippen LogP contribution in [0.2, 0.25) is 10.0 Å². The number of nitrogens with zero attached hydrogens (tertiary/aromatic N) is 1. The fourth-order valence-corrected chi connectivity index (χ4v) is 3.00. The molecule has 3 rings (SSSR count). The highest BCUT2D eigenvalue weighted by molar-refractivity contribution is 6.32. The van der Waals surface area contributed by atoms with Crippen LogP contribution in [0.4, 0.5) is 0 Å². The minimum Gasteiger partial charge on any atom is -0.493 e. The molecule has 0 fully saturated rings. The number of nitriles is 1. The summed E-state index contributed by atoms with van der Waals surface area (Å²) in [7, 11) is 1.46. The molecule has 0 spiro atoms. The number of ether oxygens (including phenoxy) is 3. The maximum Gasteiger partial charge on any atom is 0.349 e. The van der Waals surface area contributed by atoms with Crippen LogP contribution in [-0.2, 0) is 4.79 Å². The molecule has 31 heavy (non-hydrogen) atoms. The van der Waals surface area contributed by atoms with Crippen molar-refractivity contribution in [2.45, 2.75) is 0 Å². The van der Waals surface area contributed by atoms with Gasteiger partial charge in [-0.1, -0.05) is 53.5 Å². The highest BCUT2D eigenvalue weighted by Crippen LogP contribution is 2.30. The molecule has 0 bridgehead atoms. The first-order chi connectivity index (χ1) is 15.0. The molecule has 0 atom stereocenters. The molecule has 0 unspecified atom stereocenters. The van der Waals surface area contributed by atoms with Gasteiger partial charge in [0.05, 0.1) is 23.8 Å². The summed E-state index contributed by atoms with van der Waals surface area (Å²) in [5.74, 6) is 0.353. The Morgan fingerprint density at radius 2 is 1.74 bits per heavy atom. The van der Waals surface area contributed by atoms with Crippen LogP contribution in [0.15, 0.2) is 66.7 Å². The summed E-state index contributed by atoms with van der Waals surface area (Å²) in [6, 6.07) is 21.0. The van der Waals surface area contributed by atoms with E-state index in [1.54, 1.807) is 72.8 Å². The Labute approximate surface area is 190 Å². The Morgan fingerprint density at radius 1 is 1.00 bits per heavy atom. The topological polar surface area (TPSA) is 68.5 Å². The highest BCUT2D eigenvalue weighted by atomic mass is 35.5. The van der Waals surface area contributed by atoms with E-state index in [2.05, 4.69) is 6.07 Å². The van der Waals surface area contributed by atoms with Crippen molar-refractivity contribution in [1.29, 1.82) is 5.26 Å². The van der Waals surface area contributed by atoms with Gasteiger partial charge in [-0.3, -0.25) is 0 Å². The van der Waals surface area contributed by atoms with Gasteiger partial charge in [0.25, 0.3) is 0 Å². The standard InChI is InChI=1S/C24H17Cl2NO4/c1-29-23-13-16(12-18(14-27)17-7-9-19(25)10-8-17)6-11-22(23)31-24(28)15-30-21-5-3-2-4-20(21)26/h2-13H,15H2,1H3/b18-12+. The zero-order chi connectivity index (χ0) is 22.2. The van der Waals surface area contributed by atoms with Crippen LogP contribution < -0.4 is 14.2 Å². The van der Waals surface area contributed by atoms with Gasteiger partial charge in [-0.15, -0.1) is 0 Å². The predicted molar refractivity (Wildman–Crippen MR) is 121 cm³/mol. The van der Waals surface area contributed by atoms with Crippen LogP contribution in [0.3, 0.4) is 0 Å². The van der Waals surface area contributed by atoms with Crippen LogP contribution in [0.1, 0.15) is 11.1 Å². The number of allylic oxidation sites excluding steroid dienone is 1. The van der Waals surface area contributed by atoms with Crippen LogP contribution in [0.25, 0.3) is 11.6 Å². The first kappa shape index (κ1) is 22.2. The lowest BCUT2D eigenvalue weighted by atomic mass is 10.0. The second-order valence-electron chi connectivity index (χ2n) is 6.28. The van der Waals surface area contributed by atoms with Crippen molar-refractivity contribution in [2.24, 2.45) is 0 Å². The van der Waals surface area contributed by atoms with E-state index in [1.807, 2.05) is 0 Å². The van der Waals surface area contributed by atoms with Gasteiger partial charge in [-0.2, -0.15) is 5.26 Å². The fraction of sp³-hybridized carbons (Fsp3) is 0.0833. The maximum atomic E-state index is 12.2. The van der Waals surface area contributed by atoms with Gasteiger partial charge >= 0.3 is 5.97 Å². The Bertz CT molecular complexity index is 1150. The zero-order valence-corrected chi connectivity index (χ0v) is 18.0. The number of halogens is 2. The molecule has 3 aromatic carbocycles. The lowest BCUT2D eigenvalue weighted by molar-refractivity contribution is -0.136. The molecular weight excluding hydrogens is 437 g/mol.